The summed E-state index contributed by atoms with van der Waals surface area (Å²) in [5.41, 5.74) is 2.28. The van der Waals surface area contributed by atoms with Crippen LogP contribution in [-0.2, 0) is 10.0 Å². The van der Waals surface area contributed by atoms with Gasteiger partial charge in [-0.1, -0.05) is 31.4 Å². The number of rotatable bonds is 6. The molecule has 4 rings (SSSR count). The second-order valence-electron chi connectivity index (χ2n) is 9.18. The Morgan fingerprint density at radius 1 is 1.03 bits per heavy atom. The molecule has 182 valence electrons. The summed E-state index contributed by atoms with van der Waals surface area (Å²) in [7, 11) is -3.85. The van der Waals surface area contributed by atoms with Gasteiger partial charge in [0, 0.05) is 37.1 Å². The fourth-order valence-electron chi connectivity index (χ4n) is 4.60. The lowest BCUT2D eigenvalue weighted by molar-refractivity contribution is 0.0766. The molecular formula is C26H34N4O3S. The Balaban J connectivity index is 1.50. The Kier molecular flexibility index (Phi) is 8.00. The van der Waals surface area contributed by atoms with E-state index < -0.39 is 10.0 Å². The standard InChI is InChI=1S/C26H34N4O3S/c1-20-7-5-10-24(25(20)28-19-21-8-3-2-4-9-21)34(32,33)29-23-13-11-22(12-14-23)26(31)30-17-6-15-27-16-18-30/h5,7,10-14,19,21,27,29H,2-4,6,8-9,15-18H2,1H3/b28-19-. The van der Waals surface area contributed by atoms with E-state index in [1.165, 1.54) is 19.3 Å². The van der Waals surface area contributed by atoms with Crippen molar-refractivity contribution >= 4 is 33.5 Å². The smallest absolute Gasteiger partial charge is 0.264 e. The van der Waals surface area contributed by atoms with Gasteiger partial charge >= 0.3 is 0 Å². The lowest BCUT2D eigenvalue weighted by Gasteiger charge is -2.20. The summed E-state index contributed by atoms with van der Waals surface area (Å²) in [5, 5.41) is 3.29. The molecule has 34 heavy (non-hydrogen) atoms. The first-order valence-electron chi connectivity index (χ1n) is 12.2. The van der Waals surface area contributed by atoms with Gasteiger partial charge in [-0.05, 0) is 74.5 Å². The molecule has 2 aromatic carbocycles. The van der Waals surface area contributed by atoms with Crippen molar-refractivity contribution in [2.75, 3.05) is 30.9 Å². The number of carbonyl (C=O) groups excluding carboxylic acids is 1. The van der Waals surface area contributed by atoms with Crippen molar-refractivity contribution in [2.45, 2.75) is 50.3 Å². The number of aliphatic imine (C=N–C) groups is 1. The van der Waals surface area contributed by atoms with E-state index in [2.05, 4.69) is 15.0 Å². The predicted octanol–water partition coefficient (Wildman–Crippen LogP) is 4.51. The summed E-state index contributed by atoms with van der Waals surface area (Å²) in [6.45, 7) is 4.97. The average molecular weight is 483 g/mol. The molecule has 0 radical (unpaired) electrons. The van der Waals surface area contributed by atoms with Gasteiger partial charge in [0.05, 0.1) is 5.69 Å². The van der Waals surface area contributed by atoms with Crippen molar-refractivity contribution in [3.05, 3.63) is 53.6 Å². The first-order valence-corrected chi connectivity index (χ1v) is 13.7. The zero-order valence-electron chi connectivity index (χ0n) is 19.8. The number of hydrogen-bond donors (Lipinski definition) is 2. The van der Waals surface area contributed by atoms with Crippen LogP contribution in [0.1, 0.15) is 54.4 Å². The SMILES string of the molecule is Cc1cccc(S(=O)(=O)Nc2ccc(C(=O)N3CCCNCC3)cc2)c1/N=C\C1CCCCC1. The van der Waals surface area contributed by atoms with Crippen molar-refractivity contribution in [2.24, 2.45) is 10.9 Å². The molecule has 1 amide bonds. The maximum absolute atomic E-state index is 13.3. The highest BCUT2D eigenvalue weighted by atomic mass is 32.2. The van der Waals surface area contributed by atoms with Crippen LogP contribution < -0.4 is 10.0 Å². The van der Waals surface area contributed by atoms with Crippen LogP contribution in [0.3, 0.4) is 0 Å². The van der Waals surface area contributed by atoms with Crippen LogP contribution in [0.5, 0.6) is 0 Å². The van der Waals surface area contributed by atoms with Gasteiger partial charge in [-0.15, -0.1) is 0 Å². The average Bonchev–Trinajstić information content (AvgIpc) is 3.13. The lowest BCUT2D eigenvalue weighted by Crippen LogP contribution is -2.34. The molecule has 7 nitrogen and oxygen atoms in total. The highest BCUT2D eigenvalue weighted by Gasteiger charge is 2.21. The minimum Gasteiger partial charge on any atom is -0.337 e. The molecule has 2 aliphatic rings. The van der Waals surface area contributed by atoms with E-state index in [0.29, 0.717) is 29.4 Å². The fraction of sp³-hybridized carbons (Fsp3) is 0.462. The van der Waals surface area contributed by atoms with Crippen molar-refractivity contribution in [3.8, 4) is 0 Å². The molecule has 0 aromatic heterocycles. The van der Waals surface area contributed by atoms with Crippen LogP contribution in [0.15, 0.2) is 52.4 Å². The summed E-state index contributed by atoms with van der Waals surface area (Å²) in [6, 6.07) is 11.8. The molecule has 2 N–H and O–H groups in total. The minimum atomic E-state index is -3.85. The second-order valence-corrected chi connectivity index (χ2v) is 10.8. The summed E-state index contributed by atoms with van der Waals surface area (Å²) in [4.78, 5) is 19.4. The number of anilines is 1. The topological polar surface area (TPSA) is 90.9 Å². The summed E-state index contributed by atoms with van der Waals surface area (Å²) in [5.74, 6) is 0.373. The summed E-state index contributed by atoms with van der Waals surface area (Å²) >= 11 is 0. The van der Waals surface area contributed by atoms with E-state index in [-0.39, 0.29) is 10.8 Å². The van der Waals surface area contributed by atoms with E-state index in [1.54, 1.807) is 36.4 Å². The first kappa shape index (κ1) is 24.4. The van der Waals surface area contributed by atoms with Gasteiger partial charge in [-0.25, -0.2) is 8.42 Å². The van der Waals surface area contributed by atoms with E-state index >= 15 is 0 Å². The van der Waals surface area contributed by atoms with Crippen LogP contribution in [0.2, 0.25) is 0 Å². The quantitative estimate of drug-likeness (QED) is 0.593. The molecule has 1 saturated carbocycles. The number of para-hydroxylation sites is 1. The molecule has 0 bridgehead atoms. The third-order valence-corrected chi connectivity index (χ3v) is 7.98. The highest BCUT2D eigenvalue weighted by molar-refractivity contribution is 7.92. The largest absolute Gasteiger partial charge is 0.337 e. The Morgan fingerprint density at radius 2 is 1.79 bits per heavy atom. The molecule has 0 spiro atoms. The van der Waals surface area contributed by atoms with Gasteiger partial charge < -0.3 is 10.2 Å². The van der Waals surface area contributed by atoms with Crippen molar-refractivity contribution in [1.29, 1.82) is 0 Å². The van der Waals surface area contributed by atoms with Crippen molar-refractivity contribution < 1.29 is 13.2 Å². The monoisotopic (exact) mass is 482 g/mol. The number of sulfonamides is 1. The minimum absolute atomic E-state index is 0.0314. The fourth-order valence-corrected chi connectivity index (χ4v) is 5.88. The molecular weight excluding hydrogens is 448 g/mol. The first-order chi connectivity index (χ1) is 16.4. The Bertz CT molecular complexity index is 1120. The van der Waals surface area contributed by atoms with E-state index in [9.17, 15) is 13.2 Å². The molecule has 0 atom stereocenters. The molecule has 8 heteroatoms. The number of aryl methyl sites for hydroxylation is 1. The molecule has 1 aliphatic carbocycles. The second kappa shape index (κ2) is 11.1. The third-order valence-electron chi connectivity index (χ3n) is 6.57. The van der Waals surface area contributed by atoms with Crippen LogP contribution in [0.4, 0.5) is 11.4 Å². The Hall–Kier alpha value is -2.71. The third kappa shape index (κ3) is 6.04. The normalized spacial score (nSPS) is 18.1. The zero-order chi connectivity index (χ0) is 24.0. The van der Waals surface area contributed by atoms with E-state index in [0.717, 1.165) is 44.5 Å². The maximum Gasteiger partial charge on any atom is 0.264 e. The maximum atomic E-state index is 13.3. The van der Waals surface area contributed by atoms with Crippen LogP contribution in [-0.4, -0.2) is 51.6 Å². The van der Waals surface area contributed by atoms with E-state index in [1.807, 2.05) is 24.1 Å². The van der Waals surface area contributed by atoms with Gasteiger partial charge in [0.25, 0.3) is 15.9 Å². The summed E-state index contributed by atoms with van der Waals surface area (Å²) < 4.78 is 29.2. The van der Waals surface area contributed by atoms with Crippen LogP contribution in [0.25, 0.3) is 0 Å². The van der Waals surface area contributed by atoms with Gasteiger partial charge in [-0.2, -0.15) is 0 Å². The molecule has 1 heterocycles. The number of hydrogen-bond acceptors (Lipinski definition) is 5. The van der Waals surface area contributed by atoms with Crippen LogP contribution >= 0.6 is 0 Å². The van der Waals surface area contributed by atoms with Gasteiger partial charge in [0.1, 0.15) is 4.90 Å². The molecule has 1 saturated heterocycles. The molecule has 2 aromatic rings. The van der Waals surface area contributed by atoms with Gasteiger partial charge in [0.2, 0.25) is 0 Å². The Morgan fingerprint density at radius 3 is 2.56 bits per heavy atom. The number of nitrogens with one attached hydrogen (secondary N) is 2. The van der Waals surface area contributed by atoms with Crippen molar-refractivity contribution in [3.63, 3.8) is 0 Å². The summed E-state index contributed by atoms with van der Waals surface area (Å²) in [6.07, 6.45) is 8.72. The van der Waals surface area contributed by atoms with Crippen LogP contribution in [0, 0.1) is 12.8 Å². The number of benzene rings is 2. The number of amides is 1. The number of nitrogens with zero attached hydrogens (tertiary/aromatic N) is 2. The number of carbonyl (C=O) groups is 1. The molecule has 1 aliphatic heterocycles. The zero-order valence-corrected chi connectivity index (χ0v) is 20.6. The van der Waals surface area contributed by atoms with Crippen molar-refractivity contribution in [1.82, 2.24) is 10.2 Å². The highest BCUT2D eigenvalue weighted by Crippen LogP contribution is 2.31. The Labute approximate surface area is 202 Å². The molecule has 0 unspecified atom stereocenters. The van der Waals surface area contributed by atoms with Gasteiger partial charge in [-0.3, -0.25) is 14.5 Å². The van der Waals surface area contributed by atoms with E-state index in [4.69, 9.17) is 0 Å². The van der Waals surface area contributed by atoms with Gasteiger partial charge in [0.15, 0.2) is 0 Å². The predicted molar refractivity (Wildman–Crippen MR) is 137 cm³/mol. The molecule has 2 fully saturated rings. The lowest BCUT2D eigenvalue weighted by atomic mass is 9.90.